The first-order valence-corrected chi connectivity index (χ1v) is 8.92. The Kier molecular flexibility index (Phi) is 5.11. The van der Waals surface area contributed by atoms with Crippen LogP contribution < -0.4 is 9.64 Å². The highest BCUT2D eigenvalue weighted by molar-refractivity contribution is 6.04. The van der Waals surface area contributed by atoms with Crippen molar-refractivity contribution in [1.29, 1.82) is 0 Å². The number of ether oxygens (including phenoxy) is 1. The van der Waals surface area contributed by atoms with E-state index in [9.17, 15) is 19.7 Å². The molecule has 26 heavy (non-hydrogen) atoms. The molecule has 2 amide bonds. The number of non-ortho nitro benzene ring substituents is 1. The zero-order chi connectivity index (χ0) is 18.8. The molecule has 140 valence electrons. The van der Waals surface area contributed by atoms with Crippen LogP contribution in [0.2, 0.25) is 0 Å². The van der Waals surface area contributed by atoms with E-state index in [0.717, 1.165) is 19.3 Å². The molecule has 1 aromatic carbocycles. The minimum absolute atomic E-state index is 0.0732. The minimum Gasteiger partial charge on any atom is -0.478 e. The molecule has 0 bridgehead atoms. The van der Waals surface area contributed by atoms with E-state index in [1.165, 1.54) is 23.1 Å². The van der Waals surface area contributed by atoms with Gasteiger partial charge in [-0.05, 0) is 31.2 Å². The SMILES string of the molecule is CC(C)C1Oc2cc([N+](=O)[O-])ccc2N(CC(=O)N2CCCCC2)C1=O. The summed E-state index contributed by atoms with van der Waals surface area (Å²) in [6.07, 6.45) is 2.29. The third-order valence-corrected chi connectivity index (χ3v) is 4.82. The molecule has 8 nitrogen and oxygen atoms in total. The summed E-state index contributed by atoms with van der Waals surface area (Å²) in [5.74, 6) is -0.245. The lowest BCUT2D eigenvalue weighted by atomic mass is 10.0. The maximum atomic E-state index is 12.9. The number of amides is 2. The Morgan fingerprint density at radius 1 is 1.31 bits per heavy atom. The summed E-state index contributed by atoms with van der Waals surface area (Å²) < 4.78 is 5.73. The Morgan fingerprint density at radius 2 is 2.00 bits per heavy atom. The number of anilines is 1. The van der Waals surface area contributed by atoms with Gasteiger partial charge in [0.05, 0.1) is 16.7 Å². The van der Waals surface area contributed by atoms with Crippen molar-refractivity contribution < 1.29 is 19.2 Å². The molecule has 0 N–H and O–H groups in total. The molecule has 8 heteroatoms. The van der Waals surface area contributed by atoms with Crippen LogP contribution in [0.25, 0.3) is 0 Å². The third kappa shape index (κ3) is 3.49. The van der Waals surface area contributed by atoms with E-state index in [4.69, 9.17) is 4.74 Å². The number of likely N-dealkylation sites (tertiary alicyclic amines) is 1. The lowest BCUT2D eigenvalue weighted by Crippen LogP contribution is -2.52. The lowest BCUT2D eigenvalue weighted by molar-refractivity contribution is -0.384. The van der Waals surface area contributed by atoms with Crippen LogP contribution in [0.4, 0.5) is 11.4 Å². The number of carbonyl (C=O) groups is 2. The highest BCUT2D eigenvalue weighted by Crippen LogP contribution is 2.38. The van der Waals surface area contributed by atoms with Gasteiger partial charge in [-0.3, -0.25) is 24.6 Å². The fraction of sp³-hybridized carbons (Fsp3) is 0.556. The predicted octanol–water partition coefficient (Wildman–Crippen LogP) is 2.36. The van der Waals surface area contributed by atoms with Crippen LogP contribution in [0.3, 0.4) is 0 Å². The van der Waals surface area contributed by atoms with E-state index in [0.29, 0.717) is 18.8 Å². The maximum absolute atomic E-state index is 12.9. The summed E-state index contributed by atoms with van der Waals surface area (Å²) in [6, 6.07) is 4.12. The number of hydrogen-bond acceptors (Lipinski definition) is 5. The summed E-state index contributed by atoms with van der Waals surface area (Å²) in [4.78, 5) is 39.2. The zero-order valence-electron chi connectivity index (χ0n) is 15.0. The van der Waals surface area contributed by atoms with Crippen molar-refractivity contribution >= 4 is 23.2 Å². The fourth-order valence-electron chi connectivity index (χ4n) is 3.36. The van der Waals surface area contributed by atoms with Gasteiger partial charge in [0.15, 0.2) is 11.9 Å². The van der Waals surface area contributed by atoms with Gasteiger partial charge >= 0.3 is 0 Å². The van der Waals surface area contributed by atoms with Gasteiger partial charge in [-0.15, -0.1) is 0 Å². The number of hydrogen-bond donors (Lipinski definition) is 0. The maximum Gasteiger partial charge on any atom is 0.273 e. The molecule has 0 spiro atoms. The van der Waals surface area contributed by atoms with Gasteiger partial charge in [0.2, 0.25) is 5.91 Å². The number of nitrogens with zero attached hydrogens (tertiary/aromatic N) is 3. The second-order valence-electron chi connectivity index (χ2n) is 7.06. The van der Waals surface area contributed by atoms with Crippen LogP contribution in [0.15, 0.2) is 18.2 Å². The molecule has 0 aromatic heterocycles. The van der Waals surface area contributed by atoms with E-state index in [-0.39, 0.29) is 35.7 Å². The van der Waals surface area contributed by atoms with Crippen LogP contribution in [0.1, 0.15) is 33.1 Å². The van der Waals surface area contributed by atoms with Gasteiger partial charge in [0.1, 0.15) is 6.54 Å². The van der Waals surface area contributed by atoms with E-state index in [1.807, 2.05) is 13.8 Å². The molecule has 1 atom stereocenters. The van der Waals surface area contributed by atoms with Crippen molar-refractivity contribution in [2.75, 3.05) is 24.5 Å². The first-order valence-electron chi connectivity index (χ1n) is 8.92. The number of benzene rings is 1. The molecular formula is C18H23N3O5. The summed E-state index contributed by atoms with van der Waals surface area (Å²) in [7, 11) is 0. The number of rotatable bonds is 4. The average Bonchev–Trinajstić information content (AvgIpc) is 2.63. The largest absolute Gasteiger partial charge is 0.478 e. The average molecular weight is 361 g/mol. The molecule has 1 aromatic rings. The second-order valence-corrected chi connectivity index (χ2v) is 7.06. The van der Waals surface area contributed by atoms with Crippen molar-refractivity contribution in [2.24, 2.45) is 5.92 Å². The van der Waals surface area contributed by atoms with Crippen LogP contribution in [-0.4, -0.2) is 47.4 Å². The predicted molar refractivity (Wildman–Crippen MR) is 95.1 cm³/mol. The summed E-state index contributed by atoms with van der Waals surface area (Å²) in [5.41, 5.74) is 0.297. The second kappa shape index (κ2) is 7.31. The van der Waals surface area contributed by atoms with Crippen molar-refractivity contribution in [1.82, 2.24) is 4.90 Å². The van der Waals surface area contributed by atoms with E-state index in [1.54, 1.807) is 4.90 Å². The molecule has 0 saturated carbocycles. The van der Waals surface area contributed by atoms with Gasteiger partial charge in [0, 0.05) is 19.2 Å². The first kappa shape index (κ1) is 18.2. The highest BCUT2D eigenvalue weighted by atomic mass is 16.6. The number of nitro groups is 1. The molecule has 2 aliphatic heterocycles. The number of fused-ring (bicyclic) bond motifs is 1. The molecule has 0 aliphatic carbocycles. The molecular weight excluding hydrogens is 338 g/mol. The van der Waals surface area contributed by atoms with Gasteiger partial charge < -0.3 is 9.64 Å². The Balaban J connectivity index is 1.90. The van der Waals surface area contributed by atoms with Crippen molar-refractivity contribution in [2.45, 2.75) is 39.2 Å². The van der Waals surface area contributed by atoms with Crippen LogP contribution in [-0.2, 0) is 9.59 Å². The topological polar surface area (TPSA) is 93.0 Å². The molecule has 2 heterocycles. The fourth-order valence-corrected chi connectivity index (χ4v) is 3.36. The minimum atomic E-state index is -0.765. The quantitative estimate of drug-likeness (QED) is 0.606. The number of piperidine rings is 1. The lowest BCUT2D eigenvalue weighted by Gasteiger charge is -2.37. The van der Waals surface area contributed by atoms with Gasteiger partial charge in [-0.25, -0.2) is 0 Å². The van der Waals surface area contributed by atoms with Crippen LogP contribution >= 0.6 is 0 Å². The Bertz CT molecular complexity index is 728. The van der Waals surface area contributed by atoms with E-state index >= 15 is 0 Å². The van der Waals surface area contributed by atoms with Gasteiger partial charge in [0.25, 0.3) is 11.6 Å². The monoisotopic (exact) mass is 361 g/mol. The first-order chi connectivity index (χ1) is 12.4. The van der Waals surface area contributed by atoms with Gasteiger partial charge in [-0.2, -0.15) is 0 Å². The Labute approximate surface area is 151 Å². The summed E-state index contributed by atoms with van der Waals surface area (Å²) >= 11 is 0. The van der Waals surface area contributed by atoms with Crippen LogP contribution in [0.5, 0.6) is 5.75 Å². The molecule has 0 radical (unpaired) electrons. The van der Waals surface area contributed by atoms with Crippen LogP contribution in [0, 0.1) is 16.0 Å². The van der Waals surface area contributed by atoms with Crippen molar-refractivity contribution in [3.63, 3.8) is 0 Å². The van der Waals surface area contributed by atoms with Crippen molar-refractivity contribution in [3.8, 4) is 5.75 Å². The molecule has 1 fully saturated rings. The zero-order valence-corrected chi connectivity index (χ0v) is 15.0. The number of nitro benzene ring substituents is 1. The Morgan fingerprint density at radius 3 is 2.62 bits per heavy atom. The highest BCUT2D eigenvalue weighted by Gasteiger charge is 2.38. The normalized spacial score (nSPS) is 20.0. The van der Waals surface area contributed by atoms with E-state index in [2.05, 4.69) is 0 Å². The summed E-state index contributed by atoms with van der Waals surface area (Å²) in [6.45, 7) is 5.03. The molecule has 3 rings (SSSR count). The van der Waals surface area contributed by atoms with Gasteiger partial charge in [-0.1, -0.05) is 13.8 Å². The summed E-state index contributed by atoms with van der Waals surface area (Å²) in [5, 5.41) is 11.0. The molecule has 1 unspecified atom stereocenters. The standard InChI is InChI=1S/C18H23N3O5/c1-12(2)17-18(23)20(11-16(22)19-8-4-3-5-9-19)14-7-6-13(21(24)25)10-15(14)26-17/h6-7,10,12,17H,3-5,8-9,11H2,1-2H3. The van der Waals surface area contributed by atoms with Crippen molar-refractivity contribution in [3.05, 3.63) is 28.3 Å². The third-order valence-electron chi connectivity index (χ3n) is 4.82. The number of carbonyl (C=O) groups excluding carboxylic acids is 2. The molecule has 1 saturated heterocycles. The Hall–Kier alpha value is -2.64. The smallest absolute Gasteiger partial charge is 0.273 e. The van der Waals surface area contributed by atoms with E-state index < -0.39 is 11.0 Å². The molecule has 2 aliphatic rings.